The molecule has 0 atom stereocenters. The number of nitrogens with two attached hydrogens (primary N) is 1. The zero-order valence-corrected chi connectivity index (χ0v) is 23.0. The van der Waals surface area contributed by atoms with Crippen LogP contribution in [-0.2, 0) is 19.4 Å². The molecule has 0 saturated carbocycles. The van der Waals surface area contributed by atoms with Crippen molar-refractivity contribution < 1.29 is 32.6 Å². The lowest BCUT2D eigenvalue weighted by Gasteiger charge is -2.11. The molecule has 210 valence electrons. The molecule has 0 aliphatic heterocycles. The van der Waals surface area contributed by atoms with Gasteiger partial charge in [0.2, 0.25) is 0 Å². The third kappa shape index (κ3) is 11.0. The quantitative estimate of drug-likeness (QED) is 0.191. The molecule has 2 heterocycles. The molecule has 2 aromatic heterocycles. The molecule has 4 aromatic rings. The highest BCUT2D eigenvalue weighted by Gasteiger charge is 2.05. The van der Waals surface area contributed by atoms with Gasteiger partial charge in [-0.3, -0.25) is 4.79 Å². The van der Waals surface area contributed by atoms with E-state index in [1.165, 1.54) is 7.11 Å². The molecule has 39 heavy (non-hydrogen) atoms. The summed E-state index contributed by atoms with van der Waals surface area (Å²) in [7, 11) is 6.40. The van der Waals surface area contributed by atoms with Gasteiger partial charge in [-0.15, -0.1) is 0 Å². The number of ether oxygens (including phenoxy) is 4. The van der Waals surface area contributed by atoms with Crippen molar-refractivity contribution in [1.29, 1.82) is 0 Å². The van der Waals surface area contributed by atoms with Crippen LogP contribution < -0.4 is 30.0 Å². The van der Waals surface area contributed by atoms with Crippen LogP contribution in [0.1, 0.15) is 27.4 Å². The van der Waals surface area contributed by atoms with Gasteiger partial charge in [-0.2, -0.15) is 0 Å². The number of hydrogen-bond acceptors (Lipinski definition) is 9. The molecular formula is C30H38N2O7. The predicted molar refractivity (Wildman–Crippen MR) is 150 cm³/mol. The van der Waals surface area contributed by atoms with Gasteiger partial charge in [0, 0.05) is 43.6 Å². The zero-order valence-electron chi connectivity index (χ0n) is 23.0. The van der Waals surface area contributed by atoms with E-state index < -0.39 is 0 Å². The van der Waals surface area contributed by atoms with Crippen LogP contribution >= 0.6 is 0 Å². The molecule has 0 aliphatic carbocycles. The minimum Gasteiger partial charge on any atom is -0.497 e. The lowest BCUT2D eigenvalue weighted by molar-refractivity contribution is 0.112. The number of nitrogens with one attached hydrogen (secondary N) is 1. The lowest BCUT2D eigenvalue weighted by Crippen LogP contribution is -2.17. The van der Waals surface area contributed by atoms with Gasteiger partial charge < -0.3 is 38.8 Å². The minimum atomic E-state index is 0.526. The standard InChI is InChI=1S/C15H19NO3.C9H10O3.C6H9NO/c1-17-14-6-5-12(15(10-14)18-2)11-16-8-7-13-4-3-9-19-13;1-11-8-4-3-7(6-10)9(5-8)12-2;7-4-3-6-2-1-5-8-6/h3-6,9-10,16H,7-8,11H2,1-2H3;3-6H,1-2H3;1-2,5H,3-4,7H2. The first-order valence-electron chi connectivity index (χ1n) is 12.4. The number of carbonyl (C=O) groups excluding carboxylic acids is 1. The monoisotopic (exact) mass is 538 g/mol. The van der Waals surface area contributed by atoms with E-state index in [0.717, 1.165) is 60.8 Å². The Morgan fingerprint density at radius 1 is 0.769 bits per heavy atom. The fourth-order valence-electron chi connectivity index (χ4n) is 3.40. The average molecular weight is 539 g/mol. The van der Waals surface area contributed by atoms with Crippen molar-refractivity contribution in [2.24, 2.45) is 5.73 Å². The highest BCUT2D eigenvalue weighted by molar-refractivity contribution is 5.79. The van der Waals surface area contributed by atoms with Gasteiger partial charge in [0.15, 0.2) is 6.29 Å². The van der Waals surface area contributed by atoms with Crippen LogP contribution in [0.2, 0.25) is 0 Å². The van der Waals surface area contributed by atoms with E-state index in [0.29, 0.717) is 23.6 Å². The molecule has 0 spiro atoms. The number of hydrogen-bond donors (Lipinski definition) is 2. The van der Waals surface area contributed by atoms with Crippen LogP contribution in [0.3, 0.4) is 0 Å². The second kappa shape index (κ2) is 18.1. The lowest BCUT2D eigenvalue weighted by atomic mass is 10.2. The summed E-state index contributed by atoms with van der Waals surface area (Å²) in [6.07, 6.45) is 5.82. The van der Waals surface area contributed by atoms with Crippen LogP contribution in [0.15, 0.2) is 82.0 Å². The van der Waals surface area contributed by atoms with Gasteiger partial charge >= 0.3 is 0 Å². The normalized spacial score (nSPS) is 9.87. The Labute approximate surface area is 229 Å². The molecule has 0 radical (unpaired) electrons. The van der Waals surface area contributed by atoms with Crippen molar-refractivity contribution in [3.8, 4) is 23.0 Å². The summed E-state index contributed by atoms with van der Waals surface area (Å²) in [5.74, 6) is 4.81. The van der Waals surface area contributed by atoms with Crippen LogP contribution in [-0.4, -0.2) is 47.8 Å². The molecule has 0 saturated heterocycles. The molecule has 0 aliphatic rings. The Morgan fingerprint density at radius 2 is 1.36 bits per heavy atom. The smallest absolute Gasteiger partial charge is 0.153 e. The van der Waals surface area contributed by atoms with Gasteiger partial charge in [0.25, 0.3) is 0 Å². The number of rotatable bonds is 12. The van der Waals surface area contributed by atoms with Crippen molar-refractivity contribution in [2.45, 2.75) is 19.4 Å². The SMILES string of the molecule is COc1ccc(C=O)c(OC)c1.COc1ccc(CNCCc2ccco2)c(OC)c1.NCCc1ccco1. The third-order valence-electron chi connectivity index (χ3n) is 5.48. The van der Waals surface area contributed by atoms with E-state index in [-0.39, 0.29) is 0 Å². The molecule has 9 heteroatoms. The van der Waals surface area contributed by atoms with Crippen LogP contribution in [0, 0.1) is 0 Å². The fraction of sp³-hybridized carbons (Fsp3) is 0.300. The second-order valence-corrected chi connectivity index (χ2v) is 8.03. The van der Waals surface area contributed by atoms with Crippen LogP contribution in [0.25, 0.3) is 0 Å². The molecule has 3 N–H and O–H groups in total. The number of aldehydes is 1. The Kier molecular flexibility index (Phi) is 14.4. The van der Waals surface area contributed by atoms with E-state index in [9.17, 15) is 4.79 Å². The van der Waals surface area contributed by atoms with Gasteiger partial charge in [-0.25, -0.2) is 0 Å². The third-order valence-corrected chi connectivity index (χ3v) is 5.48. The molecule has 9 nitrogen and oxygen atoms in total. The number of carbonyl (C=O) groups is 1. The maximum atomic E-state index is 10.5. The van der Waals surface area contributed by atoms with E-state index in [2.05, 4.69) is 5.32 Å². The highest BCUT2D eigenvalue weighted by atomic mass is 16.5. The molecule has 0 fully saturated rings. The maximum absolute atomic E-state index is 10.5. The molecule has 0 unspecified atom stereocenters. The minimum absolute atomic E-state index is 0.526. The summed E-state index contributed by atoms with van der Waals surface area (Å²) in [4.78, 5) is 10.5. The molecular weight excluding hydrogens is 500 g/mol. The first kappa shape index (κ1) is 31.0. The van der Waals surface area contributed by atoms with Crippen molar-refractivity contribution in [3.63, 3.8) is 0 Å². The van der Waals surface area contributed by atoms with Crippen LogP contribution in [0.4, 0.5) is 0 Å². The summed E-state index contributed by atoms with van der Waals surface area (Å²) in [6, 6.07) is 18.6. The van der Waals surface area contributed by atoms with Crippen LogP contribution in [0.5, 0.6) is 23.0 Å². The second-order valence-electron chi connectivity index (χ2n) is 8.03. The van der Waals surface area contributed by atoms with E-state index in [1.807, 2.05) is 42.5 Å². The van der Waals surface area contributed by atoms with Crippen molar-refractivity contribution in [1.82, 2.24) is 5.32 Å². The largest absolute Gasteiger partial charge is 0.497 e. The Hall–Kier alpha value is -4.21. The topological polar surface area (TPSA) is 118 Å². The van der Waals surface area contributed by atoms with E-state index >= 15 is 0 Å². The van der Waals surface area contributed by atoms with Gasteiger partial charge in [0.1, 0.15) is 34.5 Å². The number of furan rings is 2. The molecule has 0 bridgehead atoms. The molecule has 2 aromatic carbocycles. The summed E-state index contributed by atoms with van der Waals surface area (Å²) >= 11 is 0. The van der Waals surface area contributed by atoms with Crippen molar-refractivity contribution >= 4 is 6.29 Å². The van der Waals surface area contributed by atoms with Crippen molar-refractivity contribution in [3.05, 3.63) is 95.8 Å². The Morgan fingerprint density at radius 3 is 1.87 bits per heavy atom. The van der Waals surface area contributed by atoms with Gasteiger partial charge in [-0.1, -0.05) is 6.07 Å². The van der Waals surface area contributed by atoms with Gasteiger partial charge in [0.05, 0.1) is 46.5 Å². The first-order chi connectivity index (χ1) is 19.1. The first-order valence-corrected chi connectivity index (χ1v) is 12.4. The summed E-state index contributed by atoms with van der Waals surface area (Å²) in [5.41, 5.74) is 6.90. The Balaban J connectivity index is 0.000000227. The average Bonchev–Trinajstić information content (AvgIpc) is 3.70. The predicted octanol–water partition coefficient (Wildman–Crippen LogP) is 4.93. The molecule has 4 rings (SSSR count). The van der Waals surface area contributed by atoms with E-state index in [1.54, 1.807) is 52.1 Å². The number of methoxy groups -OCH3 is 4. The zero-order chi connectivity index (χ0) is 28.3. The summed E-state index contributed by atoms with van der Waals surface area (Å²) in [5, 5.41) is 3.37. The summed E-state index contributed by atoms with van der Waals surface area (Å²) in [6.45, 7) is 2.28. The molecule has 0 amide bonds. The van der Waals surface area contributed by atoms with Gasteiger partial charge in [-0.05, 0) is 49.0 Å². The summed E-state index contributed by atoms with van der Waals surface area (Å²) < 4.78 is 30.7. The maximum Gasteiger partial charge on any atom is 0.153 e. The van der Waals surface area contributed by atoms with E-state index in [4.69, 9.17) is 33.5 Å². The highest BCUT2D eigenvalue weighted by Crippen LogP contribution is 2.24. The number of benzene rings is 2. The van der Waals surface area contributed by atoms with Crippen molar-refractivity contribution in [2.75, 3.05) is 41.5 Å². The Bertz CT molecular complexity index is 1190. The fourth-order valence-corrected chi connectivity index (χ4v) is 3.40.